The van der Waals surface area contributed by atoms with Crippen molar-refractivity contribution in [2.24, 2.45) is 0 Å². The molecule has 0 spiro atoms. The average Bonchev–Trinajstić information content (AvgIpc) is 2.64. The van der Waals surface area contributed by atoms with Crippen molar-refractivity contribution >= 4 is 11.9 Å². The Morgan fingerprint density at radius 2 is 2.00 bits per heavy atom. The Labute approximate surface area is 151 Å². The summed E-state index contributed by atoms with van der Waals surface area (Å²) >= 11 is 0. The molecule has 2 aromatic rings. The van der Waals surface area contributed by atoms with E-state index in [1.807, 2.05) is 13.0 Å². The number of nitrogens with one attached hydrogen (secondary N) is 1. The Hall–Kier alpha value is -2.93. The van der Waals surface area contributed by atoms with Crippen LogP contribution in [0, 0.1) is 6.92 Å². The summed E-state index contributed by atoms with van der Waals surface area (Å²) in [5.74, 6) is -0.720. The fourth-order valence-electron chi connectivity index (χ4n) is 2.76. The minimum absolute atomic E-state index is 0.188. The molecule has 2 atom stereocenters. The van der Waals surface area contributed by atoms with Gasteiger partial charge in [-0.2, -0.15) is 0 Å². The van der Waals surface area contributed by atoms with Gasteiger partial charge in [0.05, 0.1) is 18.2 Å². The number of benzene rings is 1. The van der Waals surface area contributed by atoms with E-state index in [0.717, 1.165) is 5.69 Å². The van der Waals surface area contributed by atoms with E-state index in [-0.39, 0.29) is 23.6 Å². The second-order valence-electron chi connectivity index (χ2n) is 6.09. The van der Waals surface area contributed by atoms with E-state index >= 15 is 0 Å². The summed E-state index contributed by atoms with van der Waals surface area (Å²) in [6, 6.07) is 11.2. The number of carbonyl (C=O) groups excluding carboxylic acids is 1. The molecular weight excluding hydrogens is 336 g/mol. The molecule has 136 valence electrons. The number of aromatic nitrogens is 1. The second kappa shape index (κ2) is 7.97. The maximum absolute atomic E-state index is 12.4. The lowest BCUT2D eigenvalue weighted by Gasteiger charge is -2.32. The van der Waals surface area contributed by atoms with Gasteiger partial charge in [0.1, 0.15) is 17.5 Å². The largest absolute Gasteiger partial charge is 0.486 e. The predicted molar refractivity (Wildman–Crippen MR) is 93.5 cm³/mol. The lowest BCUT2D eigenvalue weighted by molar-refractivity contribution is -0.0135. The summed E-state index contributed by atoms with van der Waals surface area (Å²) in [6.45, 7) is 2.70. The van der Waals surface area contributed by atoms with E-state index in [1.54, 1.807) is 24.3 Å². The van der Waals surface area contributed by atoms with Crippen molar-refractivity contribution in [2.75, 3.05) is 13.2 Å². The molecule has 1 aliphatic rings. The topological polar surface area (TPSA) is 97.8 Å². The summed E-state index contributed by atoms with van der Waals surface area (Å²) < 4.78 is 11.4. The smallest absolute Gasteiger partial charge is 0.335 e. The molecule has 0 saturated carbocycles. The summed E-state index contributed by atoms with van der Waals surface area (Å²) in [4.78, 5) is 27.6. The summed E-state index contributed by atoms with van der Waals surface area (Å²) in [7, 11) is 0. The van der Waals surface area contributed by atoms with Crippen LogP contribution in [0.25, 0.3) is 0 Å². The summed E-state index contributed by atoms with van der Waals surface area (Å²) in [6.07, 6.45) is 0.253. The zero-order valence-corrected chi connectivity index (χ0v) is 14.3. The van der Waals surface area contributed by atoms with Crippen molar-refractivity contribution in [2.45, 2.75) is 25.5 Å². The molecule has 0 radical (unpaired) electrons. The van der Waals surface area contributed by atoms with Crippen LogP contribution in [-0.4, -0.2) is 47.3 Å². The van der Waals surface area contributed by atoms with Crippen molar-refractivity contribution in [1.29, 1.82) is 0 Å². The van der Waals surface area contributed by atoms with E-state index in [2.05, 4.69) is 10.3 Å². The van der Waals surface area contributed by atoms with Crippen LogP contribution in [0.15, 0.2) is 42.5 Å². The van der Waals surface area contributed by atoms with Gasteiger partial charge in [0.25, 0.3) is 5.91 Å². The quantitative estimate of drug-likeness (QED) is 0.851. The first-order valence-corrected chi connectivity index (χ1v) is 8.35. The number of hydrogen-bond donors (Lipinski definition) is 2. The van der Waals surface area contributed by atoms with Gasteiger partial charge >= 0.3 is 5.97 Å². The number of pyridine rings is 1. The van der Waals surface area contributed by atoms with Crippen molar-refractivity contribution in [1.82, 2.24) is 10.3 Å². The molecule has 1 fully saturated rings. The maximum Gasteiger partial charge on any atom is 0.335 e. The number of nitrogens with zero attached hydrogens (tertiary/aromatic N) is 1. The molecule has 2 N–H and O–H groups in total. The fourth-order valence-corrected chi connectivity index (χ4v) is 2.76. The first kappa shape index (κ1) is 17.9. The lowest BCUT2D eigenvalue weighted by Crippen LogP contribution is -2.51. The molecule has 7 nitrogen and oxygen atoms in total. The number of carboxylic acids is 1. The zero-order chi connectivity index (χ0) is 18.5. The van der Waals surface area contributed by atoms with Gasteiger partial charge in [0.2, 0.25) is 0 Å². The highest BCUT2D eigenvalue weighted by molar-refractivity contribution is 5.92. The van der Waals surface area contributed by atoms with E-state index in [1.165, 1.54) is 12.1 Å². The molecule has 2 heterocycles. The highest BCUT2D eigenvalue weighted by Gasteiger charge is 2.29. The van der Waals surface area contributed by atoms with Gasteiger partial charge < -0.3 is 19.9 Å². The van der Waals surface area contributed by atoms with E-state index in [0.29, 0.717) is 31.1 Å². The van der Waals surface area contributed by atoms with E-state index in [9.17, 15) is 9.59 Å². The van der Waals surface area contributed by atoms with Gasteiger partial charge in [-0.05, 0) is 49.7 Å². The van der Waals surface area contributed by atoms with Gasteiger partial charge in [0, 0.05) is 12.3 Å². The molecule has 3 rings (SSSR count). The Balaban J connectivity index is 1.67. The Bertz CT molecular complexity index is 791. The molecule has 26 heavy (non-hydrogen) atoms. The number of aryl methyl sites for hydroxylation is 1. The van der Waals surface area contributed by atoms with Gasteiger partial charge in [-0.3, -0.25) is 4.79 Å². The fraction of sp³-hybridized carbons (Fsp3) is 0.316. The van der Waals surface area contributed by atoms with Crippen LogP contribution >= 0.6 is 0 Å². The number of rotatable bonds is 5. The average molecular weight is 356 g/mol. The van der Waals surface area contributed by atoms with E-state index < -0.39 is 5.97 Å². The van der Waals surface area contributed by atoms with Crippen molar-refractivity contribution < 1.29 is 24.2 Å². The number of carboxylic acid groups (broad SMARTS) is 1. The van der Waals surface area contributed by atoms with Crippen LogP contribution in [0.1, 0.15) is 33.0 Å². The van der Waals surface area contributed by atoms with Crippen molar-refractivity contribution in [3.05, 3.63) is 59.4 Å². The van der Waals surface area contributed by atoms with Crippen molar-refractivity contribution in [3.8, 4) is 5.75 Å². The first-order chi connectivity index (χ1) is 12.5. The summed E-state index contributed by atoms with van der Waals surface area (Å²) in [5.41, 5.74) is 1.32. The normalized spacial score (nSPS) is 19.6. The second-order valence-corrected chi connectivity index (χ2v) is 6.09. The number of hydrogen-bond acceptors (Lipinski definition) is 5. The highest BCUT2D eigenvalue weighted by atomic mass is 16.5. The SMILES string of the molecule is Cc1cccc(C(=O)NC2CCOCC2Oc2ccc(C(=O)O)cc2)n1. The van der Waals surface area contributed by atoms with Gasteiger partial charge in [-0.25, -0.2) is 9.78 Å². The molecule has 1 aliphatic heterocycles. The molecule has 0 bridgehead atoms. The minimum Gasteiger partial charge on any atom is -0.486 e. The van der Waals surface area contributed by atoms with Gasteiger partial charge in [0.15, 0.2) is 0 Å². The standard InChI is InChI=1S/C19H20N2O5/c1-12-3-2-4-16(20-12)18(22)21-15-9-10-25-11-17(15)26-14-7-5-13(6-8-14)19(23)24/h2-8,15,17H,9-11H2,1H3,(H,21,22)(H,23,24). The minimum atomic E-state index is -0.992. The Kier molecular flexibility index (Phi) is 5.48. The Morgan fingerprint density at radius 3 is 2.69 bits per heavy atom. The molecular formula is C19H20N2O5. The molecule has 2 unspecified atom stereocenters. The Morgan fingerprint density at radius 1 is 1.23 bits per heavy atom. The highest BCUT2D eigenvalue weighted by Crippen LogP contribution is 2.19. The van der Waals surface area contributed by atoms with Crippen LogP contribution in [0.4, 0.5) is 0 Å². The van der Waals surface area contributed by atoms with Crippen LogP contribution in [0.3, 0.4) is 0 Å². The van der Waals surface area contributed by atoms with E-state index in [4.69, 9.17) is 14.6 Å². The number of carbonyl (C=O) groups is 2. The molecule has 1 aromatic heterocycles. The number of amides is 1. The van der Waals surface area contributed by atoms with Gasteiger partial charge in [-0.15, -0.1) is 0 Å². The number of ether oxygens (including phenoxy) is 2. The van der Waals surface area contributed by atoms with Gasteiger partial charge in [-0.1, -0.05) is 6.07 Å². The molecule has 1 aromatic carbocycles. The molecule has 7 heteroatoms. The predicted octanol–water partition coefficient (Wildman–Crippen LogP) is 2.05. The first-order valence-electron chi connectivity index (χ1n) is 8.35. The third-order valence-electron chi connectivity index (χ3n) is 4.13. The third-order valence-corrected chi connectivity index (χ3v) is 4.13. The lowest BCUT2D eigenvalue weighted by atomic mass is 10.1. The molecule has 0 aliphatic carbocycles. The maximum atomic E-state index is 12.4. The molecule has 1 saturated heterocycles. The number of aromatic carboxylic acids is 1. The monoisotopic (exact) mass is 356 g/mol. The van der Waals surface area contributed by atoms with Crippen LogP contribution in [0.5, 0.6) is 5.75 Å². The third kappa shape index (κ3) is 4.37. The van der Waals surface area contributed by atoms with Crippen LogP contribution in [0.2, 0.25) is 0 Å². The van der Waals surface area contributed by atoms with Crippen LogP contribution in [-0.2, 0) is 4.74 Å². The van der Waals surface area contributed by atoms with Crippen molar-refractivity contribution in [3.63, 3.8) is 0 Å². The van der Waals surface area contributed by atoms with Crippen LogP contribution < -0.4 is 10.1 Å². The zero-order valence-electron chi connectivity index (χ0n) is 14.3. The summed E-state index contributed by atoms with van der Waals surface area (Å²) in [5, 5.41) is 11.9. The molecule has 1 amide bonds.